The fraction of sp³-hybridized carbons (Fsp3) is 0. The highest BCUT2D eigenvalue weighted by atomic mass is 35.5. The van der Waals surface area contributed by atoms with E-state index in [1.165, 1.54) is 0 Å². The molecule has 0 radical (unpaired) electrons. The predicted octanol–water partition coefficient (Wildman–Crippen LogP) is 10.1. The maximum Gasteiger partial charge on any atom is -0.147 e. The number of rotatable bonds is 0. The van der Waals surface area contributed by atoms with Crippen LogP contribution in [-0.4, -0.2) is 0 Å². The number of halogens is 24. The van der Waals surface area contributed by atoms with Gasteiger partial charge in [-0.3, -0.25) is 0 Å². The molecule has 0 aliphatic carbocycles. The van der Waals surface area contributed by atoms with Gasteiger partial charge in [-0.15, -0.1) is 298 Å². The molecule has 24 heavy (non-hydrogen) atoms. The largest absolute Gasteiger partial charge is 0.147 e. The average Bonchev–Trinajstić information content (AvgIpc) is 0. The third kappa shape index (κ3) is 467. The minimum Gasteiger partial charge on any atom is -0.147 e. The number of hydrogen-bond donors (Lipinski definition) is 0. The molecule has 0 saturated heterocycles. The van der Waals surface area contributed by atoms with Crippen molar-refractivity contribution in [1.82, 2.24) is 0 Å². The summed E-state index contributed by atoms with van der Waals surface area (Å²) in [5, 5.41) is 0. The Balaban J connectivity index is 0. The van der Waals surface area contributed by atoms with Crippen LogP contribution >= 0.6 is 298 Å². The van der Waals surface area contributed by atoms with Gasteiger partial charge in [-0.1, -0.05) is 0 Å². The smallest absolute Gasteiger partial charge is 0.147 e. The van der Waals surface area contributed by atoms with Gasteiger partial charge in [0, 0.05) is 0 Å². The second-order valence-corrected chi connectivity index (χ2v) is 0. The maximum absolute atomic E-state index is 0. The highest BCUT2D eigenvalue weighted by Gasteiger charge is -0.124. The van der Waals surface area contributed by atoms with Crippen LogP contribution < -0.4 is 0 Å². The first-order valence-corrected chi connectivity index (χ1v) is 0. The molecule has 0 bridgehead atoms. The van der Waals surface area contributed by atoms with Crippen LogP contribution in [0.1, 0.15) is 0 Å². The molecule has 24 heteroatoms. The molecule has 0 N–H and O–H groups in total. The summed E-state index contributed by atoms with van der Waals surface area (Å²) in [5.74, 6) is 0. The van der Waals surface area contributed by atoms with Gasteiger partial charge in [0.1, 0.15) is 0 Å². The lowest BCUT2D eigenvalue weighted by Crippen LogP contribution is 0.688. The van der Waals surface area contributed by atoms with Gasteiger partial charge in [-0.2, -0.15) is 0 Å². The zero-order valence-corrected chi connectivity index (χ0v) is 29.4. The molecule has 0 nitrogen and oxygen atoms in total. The van der Waals surface area contributed by atoms with Crippen LogP contribution in [0.4, 0.5) is 0 Å². The second-order valence-electron chi connectivity index (χ2n) is 0. The van der Waals surface area contributed by atoms with Crippen molar-refractivity contribution in [2.24, 2.45) is 0 Å². The Morgan fingerprint density at radius 1 is 0.0417 bits per heavy atom. The first kappa shape index (κ1) is 574. The minimum absolute atomic E-state index is 0. The summed E-state index contributed by atoms with van der Waals surface area (Å²) in [4.78, 5) is 0. The molecule has 0 unspecified atom stereocenters. The lowest BCUT2D eigenvalue weighted by molar-refractivity contribution is 5.85. The summed E-state index contributed by atoms with van der Waals surface area (Å²) in [7, 11) is 0. The lowest BCUT2D eigenvalue weighted by atomic mass is 35.5. The van der Waals surface area contributed by atoms with E-state index in [9.17, 15) is 0 Å². The molecular weight excluding hydrogens is 851 g/mol. The Morgan fingerprint density at radius 3 is 0.0417 bits per heavy atom. The third-order valence-corrected chi connectivity index (χ3v) is 0. The summed E-state index contributed by atoms with van der Waals surface area (Å²) in [5.41, 5.74) is 0. The molecule has 0 aliphatic rings. The van der Waals surface area contributed by atoms with Crippen molar-refractivity contribution in [3.05, 3.63) is 0 Å². The first-order valence-electron chi connectivity index (χ1n) is 0. The summed E-state index contributed by atoms with van der Waals surface area (Å²) in [6, 6.07) is 0. The van der Waals surface area contributed by atoms with E-state index in [1.807, 2.05) is 0 Å². The SMILES string of the molecule is Cl.Cl.Cl.Cl.Cl.Cl.Cl.Cl.Cl.Cl.Cl.Cl.Cl.Cl.Cl.Cl.Cl.Cl.Cl.Cl.Cl.Cl.Cl.Cl. The van der Waals surface area contributed by atoms with Gasteiger partial charge >= 0.3 is 0 Å². The molecular formula is H24Cl24. The molecule has 0 aromatic rings. The Morgan fingerprint density at radius 2 is 0.0417 bits per heavy atom. The van der Waals surface area contributed by atoms with E-state index in [2.05, 4.69) is 0 Å². The van der Waals surface area contributed by atoms with E-state index >= 15 is 0 Å². The number of hydrogen-bond acceptors (Lipinski definition) is 0. The zero-order valence-electron chi connectivity index (χ0n) is 9.80. The highest BCUT2D eigenvalue weighted by Crippen LogP contribution is 0.712. The fourth-order valence-corrected chi connectivity index (χ4v) is 0. The Labute approximate surface area is 293 Å². The average molecular weight is 875 g/mol. The molecule has 192 valence electrons. The Kier molecular flexibility index (Phi) is 12400. The van der Waals surface area contributed by atoms with Crippen LogP contribution in [0, 0.1) is 0 Å². The predicted molar refractivity (Wildman–Crippen MR) is 174 cm³/mol. The van der Waals surface area contributed by atoms with Crippen LogP contribution in [0.5, 0.6) is 0 Å². The van der Waals surface area contributed by atoms with Gasteiger partial charge in [-0.25, -0.2) is 0 Å². The molecule has 0 spiro atoms. The van der Waals surface area contributed by atoms with Gasteiger partial charge in [-0.05, 0) is 0 Å². The maximum atomic E-state index is 0. The summed E-state index contributed by atoms with van der Waals surface area (Å²) in [6.07, 6.45) is 0. The van der Waals surface area contributed by atoms with E-state index in [0.717, 1.165) is 0 Å². The molecule has 0 aliphatic heterocycles. The summed E-state index contributed by atoms with van der Waals surface area (Å²) in [6.45, 7) is 0. The summed E-state index contributed by atoms with van der Waals surface area (Å²) < 4.78 is 0. The molecule has 0 aromatic heterocycles. The van der Waals surface area contributed by atoms with Crippen molar-refractivity contribution < 1.29 is 0 Å². The highest BCUT2D eigenvalue weighted by molar-refractivity contribution is 5.88. The van der Waals surface area contributed by atoms with E-state index in [1.54, 1.807) is 0 Å². The van der Waals surface area contributed by atoms with Crippen molar-refractivity contribution >= 4 is 298 Å². The molecule has 0 amide bonds. The first-order chi connectivity index (χ1) is 0. The topological polar surface area (TPSA) is 0 Å². The van der Waals surface area contributed by atoms with Gasteiger partial charge in [0.15, 0.2) is 0 Å². The van der Waals surface area contributed by atoms with E-state index in [-0.39, 0.29) is 298 Å². The van der Waals surface area contributed by atoms with Gasteiger partial charge in [0.2, 0.25) is 0 Å². The van der Waals surface area contributed by atoms with Crippen LogP contribution in [0.25, 0.3) is 0 Å². The van der Waals surface area contributed by atoms with Crippen molar-refractivity contribution in [1.29, 1.82) is 0 Å². The molecule has 0 rings (SSSR count). The third-order valence-electron chi connectivity index (χ3n) is 0. The van der Waals surface area contributed by atoms with E-state index in [4.69, 9.17) is 0 Å². The minimum atomic E-state index is 0. The monoisotopic (exact) mass is 863 g/mol. The van der Waals surface area contributed by atoms with Crippen LogP contribution in [0.3, 0.4) is 0 Å². The van der Waals surface area contributed by atoms with E-state index < -0.39 is 0 Å². The fourth-order valence-electron chi connectivity index (χ4n) is 0. The molecule has 0 fully saturated rings. The van der Waals surface area contributed by atoms with E-state index in [0.29, 0.717) is 0 Å². The Bertz CT molecular complexity index is 0. The van der Waals surface area contributed by atoms with Gasteiger partial charge in [0.05, 0.1) is 0 Å². The van der Waals surface area contributed by atoms with Crippen LogP contribution in [0.15, 0.2) is 0 Å². The van der Waals surface area contributed by atoms with Crippen LogP contribution in [-0.2, 0) is 0 Å². The quantitative estimate of drug-likeness (QED) is 0.228. The van der Waals surface area contributed by atoms with Gasteiger partial charge < -0.3 is 0 Å². The Hall–Kier alpha value is 6.96. The van der Waals surface area contributed by atoms with Crippen molar-refractivity contribution in [2.45, 2.75) is 0 Å². The lowest BCUT2D eigenvalue weighted by Gasteiger charge is -0.148. The summed E-state index contributed by atoms with van der Waals surface area (Å²) >= 11 is 0. The normalized spacial score (nSPS) is 0. The molecule has 0 aromatic carbocycles. The molecule has 0 atom stereocenters. The second kappa shape index (κ2) is 519. The van der Waals surface area contributed by atoms with Gasteiger partial charge in [0.25, 0.3) is 0 Å². The standard InChI is InChI=1S/24ClH/h24*1H. The molecule has 0 heterocycles. The van der Waals surface area contributed by atoms with Crippen LogP contribution in [0.2, 0.25) is 0 Å². The molecule has 0 saturated carbocycles. The van der Waals surface area contributed by atoms with Crippen molar-refractivity contribution in [3.8, 4) is 0 Å². The van der Waals surface area contributed by atoms with Crippen molar-refractivity contribution in [3.63, 3.8) is 0 Å². The van der Waals surface area contributed by atoms with Crippen molar-refractivity contribution in [2.75, 3.05) is 0 Å². The zero-order chi connectivity index (χ0) is 0.